The van der Waals surface area contributed by atoms with Crippen molar-refractivity contribution in [2.45, 2.75) is 25.9 Å². The van der Waals surface area contributed by atoms with Crippen molar-refractivity contribution in [3.05, 3.63) is 0 Å². The minimum Gasteiger partial charge on any atom is -0.428 e. The highest BCUT2D eigenvalue weighted by Crippen LogP contribution is 1.95. The average molecular weight is 191 g/mol. The van der Waals surface area contributed by atoms with Gasteiger partial charge in [0.05, 0.1) is 17.0 Å². The van der Waals surface area contributed by atoms with Gasteiger partial charge >= 0.3 is 0 Å². The Bertz CT molecular complexity index is 94.9. The van der Waals surface area contributed by atoms with Crippen LogP contribution < -0.4 is 4.98 Å². The van der Waals surface area contributed by atoms with Crippen LogP contribution in [0.3, 0.4) is 0 Å². The minimum absolute atomic E-state index is 0.0562. The number of nitrogens with one attached hydrogen (secondary N) is 1. The van der Waals surface area contributed by atoms with E-state index < -0.39 is 0 Å². The van der Waals surface area contributed by atoms with Crippen LogP contribution in [-0.2, 0) is 4.43 Å². The van der Waals surface area contributed by atoms with Gasteiger partial charge in [0.2, 0.25) is 0 Å². The van der Waals surface area contributed by atoms with Gasteiger partial charge in [-0.3, -0.25) is 0 Å². The normalized spacial score (nSPS) is 32.1. The molecule has 1 saturated heterocycles. The summed E-state index contributed by atoms with van der Waals surface area (Å²) in [5.41, 5.74) is 0. The predicted octanol–water partition coefficient (Wildman–Crippen LogP) is -1.60. The van der Waals surface area contributed by atoms with Crippen LogP contribution in [0.1, 0.15) is 13.8 Å². The van der Waals surface area contributed by atoms with E-state index in [-0.39, 0.29) is 17.8 Å². The van der Waals surface area contributed by atoms with E-state index in [0.29, 0.717) is 8.55 Å². The molecule has 1 heterocycles. The summed E-state index contributed by atoms with van der Waals surface area (Å²) in [6.07, 6.45) is 0. The SMILES string of the molecule is CC(C)N[SiH]1CCO[SiH2][SiH2]1. The number of rotatable bonds is 2. The molecule has 2 nitrogen and oxygen atoms in total. The molecule has 1 aliphatic heterocycles. The summed E-state index contributed by atoms with van der Waals surface area (Å²) in [6, 6.07) is 2.15. The molecule has 0 aromatic rings. The van der Waals surface area contributed by atoms with Crippen LogP contribution in [0.15, 0.2) is 0 Å². The van der Waals surface area contributed by atoms with Gasteiger partial charge in [0.15, 0.2) is 0 Å². The van der Waals surface area contributed by atoms with Crippen molar-refractivity contribution in [3.63, 3.8) is 0 Å². The van der Waals surface area contributed by atoms with Crippen molar-refractivity contribution in [2.75, 3.05) is 6.61 Å². The van der Waals surface area contributed by atoms with Gasteiger partial charge in [-0.25, -0.2) is 0 Å². The van der Waals surface area contributed by atoms with E-state index in [9.17, 15) is 0 Å². The topological polar surface area (TPSA) is 21.3 Å². The Morgan fingerprint density at radius 1 is 1.60 bits per heavy atom. The molecule has 60 valence electrons. The number of hydrogen-bond donors (Lipinski definition) is 1. The molecule has 0 spiro atoms. The first-order chi connectivity index (χ1) is 4.79. The Hall–Kier alpha value is 0.571. The fraction of sp³-hybridized carbons (Fsp3) is 1.00. The van der Waals surface area contributed by atoms with Crippen molar-refractivity contribution < 1.29 is 4.43 Å². The second kappa shape index (κ2) is 4.45. The van der Waals surface area contributed by atoms with Gasteiger partial charge in [-0.2, -0.15) is 0 Å². The maximum atomic E-state index is 5.48. The Kier molecular flexibility index (Phi) is 3.86. The van der Waals surface area contributed by atoms with Gasteiger partial charge in [0.1, 0.15) is 9.28 Å². The third-order valence-electron chi connectivity index (χ3n) is 1.79. The van der Waals surface area contributed by atoms with Crippen molar-refractivity contribution in [1.29, 1.82) is 0 Å². The molecule has 10 heavy (non-hydrogen) atoms. The first-order valence-corrected chi connectivity index (χ1v) is 13.4. The molecule has 5 heteroatoms. The first kappa shape index (κ1) is 8.67. The van der Waals surface area contributed by atoms with E-state index in [1.54, 1.807) is 0 Å². The maximum absolute atomic E-state index is 5.48. The molecule has 1 atom stereocenters. The Morgan fingerprint density at radius 3 is 2.90 bits per heavy atom. The van der Waals surface area contributed by atoms with E-state index in [1.807, 2.05) is 0 Å². The van der Waals surface area contributed by atoms with Gasteiger partial charge in [0, 0.05) is 6.61 Å². The van der Waals surface area contributed by atoms with Gasteiger partial charge in [0.25, 0.3) is 0 Å². The molecule has 1 N–H and O–H groups in total. The summed E-state index contributed by atoms with van der Waals surface area (Å²) in [5, 5.41) is 0. The Morgan fingerprint density at radius 2 is 2.40 bits per heavy atom. The van der Waals surface area contributed by atoms with E-state index in [1.165, 1.54) is 6.04 Å². The Balaban J connectivity index is 2.13. The van der Waals surface area contributed by atoms with Crippen molar-refractivity contribution in [3.8, 4) is 0 Å². The molecule has 0 radical (unpaired) electrons. The molecular formula is C5H17NOSi3. The first-order valence-electron chi connectivity index (χ1n) is 4.13. The highest BCUT2D eigenvalue weighted by molar-refractivity contribution is 7.34. The minimum atomic E-state index is -0.358. The molecule has 1 unspecified atom stereocenters. The molecule has 0 aromatic carbocycles. The van der Waals surface area contributed by atoms with Crippen LogP contribution in [0, 0.1) is 0 Å². The molecular weight excluding hydrogens is 174 g/mol. The average Bonchev–Trinajstić information content (AvgIpc) is 1.88. The predicted molar refractivity (Wildman–Crippen MR) is 53.3 cm³/mol. The number of hydrogen-bond acceptors (Lipinski definition) is 2. The van der Waals surface area contributed by atoms with E-state index in [0.717, 1.165) is 12.6 Å². The second-order valence-corrected chi connectivity index (χ2v) is 18.0. The summed E-state index contributed by atoms with van der Waals surface area (Å²) >= 11 is 0. The molecule has 0 saturated carbocycles. The lowest BCUT2D eigenvalue weighted by Gasteiger charge is -2.23. The van der Waals surface area contributed by atoms with Gasteiger partial charge < -0.3 is 9.41 Å². The molecule has 0 bridgehead atoms. The highest BCUT2D eigenvalue weighted by Gasteiger charge is 2.16. The van der Waals surface area contributed by atoms with Crippen LogP contribution >= 0.6 is 0 Å². The summed E-state index contributed by atoms with van der Waals surface area (Å²) < 4.78 is 5.48. The van der Waals surface area contributed by atoms with Crippen molar-refractivity contribution >= 4 is 26.3 Å². The van der Waals surface area contributed by atoms with Crippen molar-refractivity contribution in [1.82, 2.24) is 4.98 Å². The third kappa shape index (κ3) is 3.11. The summed E-state index contributed by atoms with van der Waals surface area (Å²) in [6.45, 7) is 5.62. The van der Waals surface area contributed by atoms with Crippen LogP contribution in [0.2, 0.25) is 6.04 Å². The molecule has 0 aliphatic carbocycles. The van der Waals surface area contributed by atoms with E-state index in [2.05, 4.69) is 18.8 Å². The summed E-state index contributed by atoms with van der Waals surface area (Å²) in [4.78, 5) is 3.74. The van der Waals surface area contributed by atoms with E-state index in [4.69, 9.17) is 4.43 Å². The van der Waals surface area contributed by atoms with Crippen LogP contribution in [-0.4, -0.2) is 39.0 Å². The zero-order chi connectivity index (χ0) is 7.40. The van der Waals surface area contributed by atoms with E-state index >= 15 is 0 Å². The maximum Gasteiger partial charge on any atom is 0.142 e. The molecule has 0 amide bonds. The second-order valence-electron chi connectivity index (χ2n) is 3.21. The molecule has 1 aliphatic rings. The van der Waals surface area contributed by atoms with Gasteiger partial charge in [-0.05, 0) is 12.1 Å². The Labute approximate surface area is 68.8 Å². The van der Waals surface area contributed by atoms with Gasteiger partial charge in [-0.1, -0.05) is 13.8 Å². The molecule has 1 fully saturated rings. The lowest BCUT2D eigenvalue weighted by Crippen LogP contribution is -2.49. The van der Waals surface area contributed by atoms with Crippen LogP contribution in [0.5, 0.6) is 0 Å². The zero-order valence-corrected chi connectivity index (χ0v) is 10.9. The highest BCUT2D eigenvalue weighted by atomic mass is 29.6. The van der Waals surface area contributed by atoms with Crippen LogP contribution in [0.25, 0.3) is 0 Å². The lowest BCUT2D eigenvalue weighted by atomic mass is 10.4. The third-order valence-corrected chi connectivity index (χ3v) is 19.4. The smallest absolute Gasteiger partial charge is 0.142 e. The molecule has 0 aromatic heterocycles. The quantitative estimate of drug-likeness (QED) is 0.531. The largest absolute Gasteiger partial charge is 0.428 e. The summed E-state index contributed by atoms with van der Waals surface area (Å²) in [5.74, 6) is 0. The fourth-order valence-corrected chi connectivity index (χ4v) is 17.9. The monoisotopic (exact) mass is 191 g/mol. The summed E-state index contributed by atoms with van der Waals surface area (Å²) in [7, 11) is 0.0219. The van der Waals surface area contributed by atoms with Gasteiger partial charge in [-0.15, -0.1) is 0 Å². The van der Waals surface area contributed by atoms with Crippen LogP contribution in [0.4, 0.5) is 0 Å². The lowest BCUT2D eigenvalue weighted by molar-refractivity contribution is 0.365. The molecule has 1 rings (SSSR count). The zero-order valence-electron chi connectivity index (χ0n) is 6.89. The van der Waals surface area contributed by atoms with Crippen molar-refractivity contribution in [2.24, 2.45) is 0 Å². The fourth-order valence-electron chi connectivity index (χ4n) is 1.34. The standard InChI is InChI=1S/C5H17NOSi3/c1-5(2)6-10-4-3-7-8-9-10/h5-6,10H,3-4,8-9H2,1-2H3.